The Hall–Kier alpha value is -0.160. The average molecular weight is 298 g/mol. The van der Waals surface area contributed by atoms with E-state index in [0.29, 0.717) is 30.3 Å². The Labute approximate surface area is 130 Å². The van der Waals surface area contributed by atoms with Crippen LogP contribution in [-0.2, 0) is 9.47 Å². The summed E-state index contributed by atoms with van der Waals surface area (Å²) in [6.07, 6.45) is 5.48. The van der Waals surface area contributed by atoms with Crippen molar-refractivity contribution >= 4 is 0 Å². The second kappa shape index (κ2) is 7.91. The molecule has 2 heterocycles. The SMILES string of the molecule is CCC1CN(C)[C@H](CCC2COC(C)[C@@H](CC)N2C)CO1. The molecule has 0 saturated carbocycles. The molecule has 0 spiro atoms. The molecule has 0 bridgehead atoms. The molecule has 4 nitrogen and oxygen atoms in total. The van der Waals surface area contributed by atoms with Gasteiger partial charge in [0.05, 0.1) is 25.4 Å². The van der Waals surface area contributed by atoms with Crippen molar-refractivity contribution in [3.05, 3.63) is 0 Å². The van der Waals surface area contributed by atoms with Crippen molar-refractivity contribution < 1.29 is 9.47 Å². The van der Waals surface area contributed by atoms with Crippen molar-refractivity contribution in [2.75, 3.05) is 33.9 Å². The fourth-order valence-electron chi connectivity index (χ4n) is 3.83. The fourth-order valence-corrected chi connectivity index (χ4v) is 3.83. The largest absolute Gasteiger partial charge is 0.375 e. The van der Waals surface area contributed by atoms with E-state index < -0.39 is 0 Å². The maximum absolute atomic E-state index is 5.98. The maximum atomic E-state index is 5.98. The van der Waals surface area contributed by atoms with Crippen LogP contribution in [0.1, 0.15) is 46.5 Å². The Morgan fingerprint density at radius 3 is 2.24 bits per heavy atom. The number of hydrogen-bond acceptors (Lipinski definition) is 4. The molecule has 0 radical (unpaired) electrons. The van der Waals surface area contributed by atoms with Crippen LogP contribution in [0, 0.1) is 0 Å². The van der Waals surface area contributed by atoms with Crippen molar-refractivity contribution in [2.24, 2.45) is 0 Å². The molecule has 5 atom stereocenters. The van der Waals surface area contributed by atoms with E-state index in [1.54, 1.807) is 0 Å². The monoisotopic (exact) mass is 298 g/mol. The highest BCUT2D eigenvalue weighted by molar-refractivity contribution is 4.86. The molecule has 2 aliphatic rings. The van der Waals surface area contributed by atoms with Gasteiger partial charge in [-0.3, -0.25) is 9.80 Å². The van der Waals surface area contributed by atoms with Crippen LogP contribution in [0.25, 0.3) is 0 Å². The molecule has 4 heteroatoms. The number of likely N-dealkylation sites (N-methyl/N-ethyl adjacent to an activating group) is 2. The molecule has 0 aliphatic carbocycles. The first-order valence-corrected chi connectivity index (χ1v) is 8.72. The lowest BCUT2D eigenvalue weighted by Crippen LogP contribution is -2.54. The Morgan fingerprint density at radius 2 is 1.62 bits per heavy atom. The first-order valence-electron chi connectivity index (χ1n) is 8.72. The first kappa shape index (κ1) is 17.2. The van der Waals surface area contributed by atoms with Gasteiger partial charge in [0, 0.05) is 24.7 Å². The van der Waals surface area contributed by atoms with E-state index in [4.69, 9.17) is 9.47 Å². The zero-order chi connectivity index (χ0) is 15.4. The van der Waals surface area contributed by atoms with Crippen LogP contribution in [0.4, 0.5) is 0 Å². The second-order valence-electron chi connectivity index (χ2n) is 6.87. The molecular weight excluding hydrogens is 264 g/mol. The van der Waals surface area contributed by atoms with Crippen molar-refractivity contribution in [3.63, 3.8) is 0 Å². The summed E-state index contributed by atoms with van der Waals surface area (Å²) in [5.41, 5.74) is 0. The number of ether oxygens (including phenoxy) is 2. The summed E-state index contributed by atoms with van der Waals surface area (Å²) in [7, 11) is 4.51. The quantitative estimate of drug-likeness (QED) is 0.778. The van der Waals surface area contributed by atoms with Gasteiger partial charge in [0.25, 0.3) is 0 Å². The predicted molar refractivity (Wildman–Crippen MR) is 86.7 cm³/mol. The van der Waals surface area contributed by atoms with Gasteiger partial charge in [-0.25, -0.2) is 0 Å². The minimum atomic E-state index is 0.363. The predicted octanol–water partition coefficient (Wildman–Crippen LogP) is 2.37. The lowest BCUT2D eigenvalue weighted by atomic mass is 9.98. The third-order valence-corrected chi connectivity index (χ3v) is 5.54. The highest BCUT2D eigenvalue weighted by Gasteiger charge is 2.33. The molecule has 0 aromatic rings. The maximum Gasteiger partial charge on any atom is 0.0702 e. The molecule has 0 aromatic carbocycles. The van der Waals surface area contributed by atoms with Crippen LogP contribution in [0.5, 0.6) is 0 Å². The smallest absolute Gasteiger partial charge is 0.0702 e. The van der Waals surface area contributed by atoms with Crippen molar-refractivity contribution in [1.29, 1.82) is 0 Å². The fraction of sp³-hybridized carbons (Fsp3) is 1.00. The van der Waals surface area contributed by atoms with Crippen LogP contribution in [0.3, 0.4) is 0 Å². The summed E-state index contributed by atoms with van der Waals surface area (Å²) in [5, 5.41) is 0. The molecule has 2 aliphatic heterocycles. The molecule has 2 rings (SSSR count). The van der Waals surface area contributed by atoms with Crippen LogP contribution >= 0.6 is 0 Å². The van der Waals surface area contributed by atoms with Crippen molar-refractivity contribution in [3.8, 4) is 0 Å². The zero-order valence-electron chi connectivity index (χ0n) is 14.5. The van der Waals surface area contributed by atoms with Crippen molar-refractivity contribution in [1.82, 2.24) is 9.80 Å². The molecular formula is C17H34N2O2. The Morgan fingerprint density at radius 1 is 0.952 bits per heavy atom. The van der Waals surface area contributed by atoms with Gasteiger partial charge in [-0.05, 0) is 46.7 Å². The lowest BCUT2D eigenvalue weighted by Gasteiger charge is -2.44. The molecule has 0 amide bonds. The van der Waals surface area contributed by atoms with Gasteiger partial charge in [-0.2, -0.15) is 0 Å². The van der Waals surface area contributed by atoms with E-state index in [-0.39, 0.29) is 0 Å². The van der Waals surface area contributed by atoms with Crippen LogP contribution in [-0.4, -0.2) is 74.0 Å². The number of nitrogens with zero attached hydrogens (tertiary/aromatic N) is 2. The summed E-state index contributed by atoms with van der Waals surface area (Å²) in [6.45, 7) is 9.51. The Balaban J connectivity index is 1.80. The summed E-state index contributed by atoms with van der Waals surface area (Å²) in [5.74, 6) is 0. The zero-order valence-corrected chi connectivity index (χ0v) is 14.5. The summed E-state index contributed by atoms with van der Waals surface area (Å²) < 4.78 is 11.9. The van der Waals surface area contributed by atoms with Gasteiger partial charge < -0.3 is 9.47 Å². The molecule has 21 heavy (non-hydrogen) atoms. The minimum absolute atomic E-state index is 0.363. The molecule has 2 saturated heterocycles. The van der Waals surface area contributed by atoms with Gasteiger partial charge in [0.15, 0.2) is 0 Å². The normalized spacial score (nSPS) is 39.6. The van der Waals surface area contributed by atoms with Gasteiger partial charge in [0.1, 0.15) is 0 Å². The summed E-state index contributed by atoms with van der Waals surface area (Å²) >= 11 is 0. The van der Waals surface area contributed by atoms with Gasteiger partial charge in [0.2, 0.25) is 0 Å². The molecule has 124 valence electrons. The Bertz CT molecular complexity index is 313. The number of hydrogen-bond donors (Lipinski definition) is 0. The highest BCUT2D eigenvalue weighted by Crippen LogP contribution is 2.24. The third kappa shape index (κ3) is 4.19. The minimum Gasteiger partial charge on any atom is -0.375 e. The van der Waals surface area contributed by atoms with Crippen molar-refractivity contribution in [2.45, 2.75) is 76.8 Å². The summed E-state index contributed by atoms with van der Waals surface area (Å²) in [4.78, 5) is 5.04. The van der Waals surface area contributed by atoms with Crippen LogP contribution in [0.15, 0.2) is 0 Å². The van der Waals surface area contributed by atoms with E-state index in [1.807, 2.05) is 0 Å². The number of morpholine rings is 2. The van der Waals surface area contributed by atoms with E-state index in [1.165, 1.54) is 19.3 Å². The highest BCUT2D eigenvalue weighted by atomic mass is 16.5. The first-order chi connectivity index (χ1) is 10.1. The molecule has 2 fully saturated rings. The molecule has 0 N–H and O–H groups in total. The van der Waals surface area contributed by atoms with Crippen LogP contribution in [0.2, 0.25) is 0 Å². The van der Waals surface area contributed by atoms with E-state index in [9.17, 15) is 0 Å². The standard InChI is InChI=1S/C17H34N2O2/c1-6-16-10-18(4)14(11-21-16)8-9-15-12-20-13(3)17(7-2)19(15)5/h13-17H,6-12H2,1-5H3/t13?,14-,15?,16?,17-/m1/s1. The van der Waals surface area contributed by atoms with Gasteiger partial charge in [-0.15, -0.1) is 0 Å². The average Bonchev–Trinajstić information content (AvgIpc) is 2.48. The molecule has 3 unspecified atom stereocenters. The van der Waals surface area contributed by atoms with Gasteiger partial charge >= 0.3 is 0 Å². The van der Waals surface area contributed by atoms with E-state index >= 15 is 0 Å². The van der Waals surface area contributed by atoms with Gasteiger partial charge in [-0.1, -0.05) is 13.8 Å². The Kier molecular flexibility index (Phi) is 6.48. The second-order valence-corrected chi connectivity index (χ2v) is 6.87. The third-order valence-electron chi connectivity index (χ3n) is 5.54. The van der Waals surface area contributed by atoms with E-state index in [2.05, 4.69) is 44.7 Å². The van der Waals surface area contributed by atoms with E-state index in [0.717, 1.165) is 26.2 Å². The number of rotatable bonds is 5. The molecule has 0 aromatic heterocycles. The topological polar surface area (TPSA) is 24.9 Å². The van der Waals surface area contributed by atoms with Crippen LogP contribution < -0.4 is 0 Å². The lowest BCUT2D eigenvalue weighted by molar-refractivity contribution is -0.0943. The summed E-state index contributed by atoms with van der Waals surface area (Å²) in [6, 6.07) is 1.69.